The molecule has 10 aromatic rings. The van der Waals surface area contributed by atoms with Gasteiger partial charge in [0.2, 0.25) is 0 Å². The highest BCUT2D eigenvalue weighted by Crippen LogP contribution is 2.40. The molecule has 0 radical (unpaired) electrons. The van der Waals surface area contributed by atoms with Gasteiger partial charge in [-0.05, 0) is 101 Å². The molecule has 0 atom stereocenters. The van der Waals surface area contributed by atoms with E-state index >= 15 is 0 Å². The Labute approximate surface area is 300 Å². The molecule has 51 heavy (non-hydrogen) atoms. The standard InChI is InChI=1S/C48H32N2S/c1-2-10-33(11-3-1)34-18-23-37(24-19-34)49(38-25-20-35(21-26-38)36-22-31-48-44(32-36)43-14-6-9-17-47(43)51-48)39-27-29-40(30-28-39)50-45-15-7-4-12-41(45)42-13-5-8-16-46(42)50/h1-32H. The van der Waals surface area contributed by atoms with Gasteiger partial charge in [-0.25, -0.2) is 0 Å². The Kier molecular flexibility index (Phi) is 7.04. The molecule has 10 rings (SSSR count). The van der Waals surface area contributed by atoms with E-state index in [-0.39, 0.29) is 0 Å². The molecular weight excluding hydrogens is 637 g/mol. The topological polar surface area (TPSA) is 8.17 Å². The normalized spacial score (nSPS) is 11.5. The van der Waals surface area contributed by atoms with Crippen LogP contribution in [0.15, 0.2) is 194 Å². The Morgan fingerprint density at radius 3 is 1.41 bits per heavy atom. The molecule has 0 spiro atoms. The largest absolute Gasteiger partial charge is 0.311 e. The van der Waals surface area contributed by atoms with E-state index in [1.165, 1.54) is 64.2 Å². The van der Waals surface area contributed by atoms with Crippen molar-refractivity contribution in [3.63, 3.8) is 0 Å². The molecule has 2 nitrogen and oxygen atoms in total. The summed E-state index contributed by atoms with van der Waals surface area (Å²) in [5.41, 5.74) is 11.7. The fourth-order valence-corrected chi connectivity index (χ4v) is 8.63. The third-order valence-corrected chi connectivity index (χ3v) is 11.2. The number of hydrogen-bond acceptors (Lipinski definition) is 2. The van der Waals surface area contributed by atoms with Crippen LogP contribution in [0.2, 0.25) is 0 Å². The Morgan fingerprint density at radius 1 is 0.333 bits per heavy atom. The highest BCUT2D eigenvalue weighted by Gasteiger charge is 2.16. The third-order valence-electron chi connectivity index (χ3n) is 10.0. The number of thiophene rings is 1. The summed E-state index contributed by atoms with van der Waals surface area (Å²) in [6, 6.07) is 70.3. The van der Waals surface area contributed by atoms with Gasteiger partial charge in [0.15, 0.2) is 0 Å². The average molecular weight is 669 g/mol. The van der Waals surface area contributed by atoms with Gasteiger partial charge in [-0.2, -0.15) is 0 Å². The molecular formula is C48H32N2S. The van der Waals surface area contributed by atoms with E-state index in [2.05, 4.69) is 204 Å². The van der Waals surface area contributed by atoms with Crippen LogP contribution in [0.5, 0.6) is 0 Å². The summed E-state index contributed by atoms with van der Waals surface area (Å²) in [7, 11) is 0. The minimum absolute atomic E-state index is 1.10. The van der Waals surface area contributed by atoms with Crippen molar-refractivity contribution in [1.82, 2.24) is 4.57 Å². The van der Waals surface area contributed by atoms with E-state index in [9.17, 15) is 0 Å². The first-order valence-corrected chi connectivity index (χ1v) is 18.2. The van der Waals surface area contributed by atoms with Gasteiger partial charge in [-0.15, -0.1) is 11.3 Å². The van der Waals surface area contributed by atoms with Crippen LogP contribution in [0.3, 0.4) is 0 Å². The van der Waals surface area contributed by atoms with Crippen LogP contribution >= 0.6 is 11.3 Å². The van der Waals surface area contributed by atoms with E-state index in [0.29, 0.717) is 0 Å². The van der Waals surface area contributed by atoms with Crippen LogP contribution in [0.1, 0.15) is 0 Å². The monoisotopic (exact) mass is 668 g/mol. The SMILES string of the molecule is c1ccc(-c2ccc(N(c3ccc(-c4ccc5sc6ccccc6c5c4)cc3)c3ccc(-n4c5ccccc5c5ccccc54)cc3)cc2)cc1. The van der Waals surface area contributed by atoms with Crippen molar-refractivity contribution >= 4 is 70.4 Å². The zero-order valence-electron chi connectivity index (χ0n) is 27.8. The number of anilines is 3. The number of fused-ring (bicyclic) bond motifs is 6. The summed E-state index contributed by atoms with van der Waals surface area (Å²) in [6.45, 7) is 0. The van der Waals surface area contributed by atoms with Crippen molar-refractivity contribution in [2.24, 2.45) is 0 Å². The molecule has 0 saturated heterocycles. The summed E-state index contributed by atoms with van der Waals surface area (Å²) >= 11 is 1.86. The van der Waals surface area contributed by atoms with E-state index in [4.69, 9.17) is 0 Å². The van der Waals surface area contributed by atoms with Crippen LogP contribution in [0.4, 0.5) is 17.1 Å². The predicted octanol–water partition coefficient (Wildman–Crippen LogP) is 14.0. The zero-order valence-corrected chi connectivity index (χ0v) is 28.6. The molecule has 0 unspecified atom stereocenters. The summed E-state index contributed by atoms with van der Waals surface area (Å²) in [6.07, 6.45) is 0. The molecule has 3 heteroatoms. The minimum atomic E-state index is 1.10. The fourth-order valence-electron chi connectivity index (χ4n) is 7.54. The molecule has 2 aromatic heterocycles. The second-order valence-corrected chi connectivity index (χ2v) is 14.1. The number of hydrogen-bond donors (Lipinski definition) is 0. The third kappa shape index (κ3) is 5.10. The van der Waals surface area contributed by atoms with Gasteiger partial charge in [0.25, 0.3) is 0 Å². The lowest BCUT2D eigenvalue weighted by atomic mass is 10.0. The smallest absolute Gasteiger partial charge is 0.0541 e. The van der Waals surface area contributed by atoms with Crippen molar-refractivity contribution < 1.29 is 0 Å². The lowest BCUT2D eigenvalue weighted by Gasteiger charge is -2.26. The van der Waals surface area contributed by atoms with Crippen molar-refractivity contribution in [2.45, 2.75) is 0 Å². The highest BCUT2D eigenvalue weighted by atomic mass is 32.1. The van der Waals surface area contributed by atoms with Gasteiger partial charge in [0, 0.05) is 53.7 Å². The Hall–Kier alpha value is -6.42. The quantitative estimate of drug-likeness (QED) is 0.171. The Morgan fingerprint density at radius 2 is 0.784 bits per heavy atom. The van der Waals surface area contributed by atoms with Crippen LogP contribution in [0, 0.1) is 0 Å². The molecule has 0 saturated carbocycles. The first-order valence-electron chi connectivity index (χ1n) is 17.3. The number of nitrogens with zero attached hydrogens (tertiary/aromatic N) is 2. The summed E-state index contributed by atoms with van der Waals surface area (Å²) in [4.78, 5) is 2.35. The molecule has 8 aromatic carbocycles. The molecule has 0 aliphatic heterocycles. The second-order valence-electron chi connectivity index (χ2n) is 13.0. The first kappa shape index (κ1) is 29.5. The van der Waals surface area contributed by atoms with E-state index < -0.39 is 0 Å². The van der Waals surface area contributed by atoms with Crippen LogP contribution in [-0.4, -0.2) is 4.57 Å². The van der Waals surface area contributed by atoms with Crippen molar-refractivity contribution in [3.05, 3.63) is 194 Å². The number of para-hydroxylation sites is 2. The van der Waals surface area contributed by atoms with E-state index in [1.54, 1.807) is 0 Å². The molecule has 240 valence electrons. The van der Waals surface area contributed by atoms with Gasteiger partial charge in [0.1, 0.15) is 0 Å². The fraction of sp³-hybridized carbons (Fsp3) is 0. The van der Waals surface area contributed by atoms with Crippen molar-refractivity contribution in [1.29, 1.82) is 0 Å². The van der Waals surface area contributed by atoms with Crippen LogP contribution in [-0.2, 0) is 0 Å². The Balaban J connectivity index is 1.06. The van der Waals surface area contributed by atoms with E-state index in [1.807, 2.05) is 11.3 Å². The molecule has 0 fully saturated rings. The highest BCUT2D eigenvalue weighted by molar-refractivity contribution is 7.25. The number of aromatic nitrogens is 1. The molecule has 0 N–H and O–H groups in total. The number of rotatable bonds is 6. The van der Waals surface area contributed by atoms with Crippen LogP contribution in [0.25, 0.3) is 69.9 Å². The minimum Gasteiger partial charge on any atom is -0.311 e. The maximum atomic E-state index is 2.37. The molecule has 0 amide bonds. The van der Waals surface area contributed by atoms with Gasteiger partial charge < -0.3 is 9.47 Å². The van der Waals surface area contributed by atoms with Gasteiger partial charge in [0.05, 0.1) is 11.0 Å². The summed E-state index contributed by atoms with van der Waals surface area (Å²) in [5.74, 6) is 0. The maximum Gasteiger partial charge on any atom is 0.0541 e. The van der Waals surface area contributed by atoms with Crippen LogP contribution < -0.4 is 4.90 Å². The van der Waals surface area contributed by atoms with Crippen molar-refractivity contribution in [2.75, 3.05) is 4.90 Å². The maximum absolute atomic E-state index is 2.37. The lowest BCUT2D eigenvalue weighted by Crippen LogP contribution is -2.10. The predicted molar refractivity (Wildman–Crippen MR) is 219 cm³/mol. The van der Waals surface area contributed by atoms with E-state index in [0.717, 1.165) is 22.7 Å². The second kappa shape index (κ2) is 12.2. The first-order chi connectivity index (χ1) is 25.3. The summed E-state index contributed by atoms with van der Waals surface area (Å²) < 4.78 is 5.03. The van der Waals surface area contributed by atoms with Gasteiger partial charge >= 0.3 is 0 Å². The molecule has 2 heterocycles. The zero-order chi connectivity index (χ0) is 33.7. The average Bonchev–Trinajstić information content (AvgIpc) is 3.75. The summed E-state index contributed by atoms with van der Waals surface area (Å²) in [5, 5.41) is 5.18. The molecule has 0 bridgehead atoms. The van der Waals surface area contributed by atoms with Gasteiger partial charge in [-0.1, -0.05) is 115 Å². The molecule has 0 aliphatic carbocycles. The van der Waals surface area contributed by atoms with Gasteiger partial charge in [-0.3, -0.25) is 0 Å². The molecule has 0 aliphatic rings. The lowest BCUT2D eigenvalue weighted by molar-refractivity contribution is 1.17. The Bertz CT molecular complexity index is 2770. The van der Waals surface area contributed by atoms with Crippen molar-refractivity contribution in [3.8, 4) is 27.9 Å². The number of benzene rings is 8.